The average molecular weight is 601 g/mol. The number of nitrogens with one attached hydrogen (secondary N) is 1. The van der Waals surface area contributed by atoms with Gasteiger partial charge in [-0.2, -0.15) is 0 Å². The predicted molar refractivity (Wildman–Crippen MR) is 158 cm³/mol. The maximum Gasteiger partial charge on any atom is 0.469 e. The third kappa shape index (κ3) is 12.2. The zero-order valence-electron chi connectivity index (χ0n) is 26.4. The molecular weight excluding hydrogens is 543 g/mol. The summed E-state index contributed by atoms with van der Waals surface area (Å²) in [5.74, 6) is -0.266. The number of phosphoric acid groups is 1. The fourth-order valence-corrected chi connectivity index (χ4v) is 6.13. The van der Waals surface area contributed by atoms with Crippen LogP contribution >= 0.6 is 7.82 Å². The molecule has 0 bridgehead atoms. The SMILES string of the molecule is CC(=O)N[C@H]1[C@@H](O[Si](C)(C)C(C)(C)C)O[C@H](COP(=O)(O)O)[C@H]1O[Si](C)(C)C(C)(C)C.CCN(CC)CC. The second-order valence-corrected chi connectivity index (χ2v) is 23.6. The largest absolute Gasteiger partial charge is 0.469 e. The van der Waals surface area contributed by atoms with Gasteiger partial charge < -0.3 is 33.6 Å². The van der Waals surface area contributed by atoms with Gasteiger partial charge in [0.05, 0.1) is 12.7 Å². The van der Waals surface area contributed by atoms with Gasteiger partial charge in [0.2, 0.25) is 5.91 Å². The van der Waals surface area contributed by atoms with E-state index in [1.54, 1.807) is 0 Å². The van der Waals surface area contributed by atoms with Gasteiger partial charge in [0.1, 0.15) is 12.1 Å². The lowest BCUT2D eigenvalue weighted by Crippen LogP contribution is -2.56. The van der Waals surface area contributed by atoms with Gasteiger partial charge in [0.15, 0.2) is 22.9 Å². The summed E-state index contributed by atoms with van der Waals surface area (Å²) in [6.07, 6.45) is -2.30. The molecule has 3 N–H and O–H groups in total. The van der Waals surface area contributed by atoms with Crippen molar-refractivity contribution in [1.82, 2.24) is 10.2 Å². The number of phosphoric ester groups is 1. The highest BCUT2D eigenvalue weighted by Crippen LogP contribution is 2.44. The molecule has 1 amide bonds. The average Bonchev–Trinajstić information content (AvgIpc) is 3.01. The van der Waals surface area contributed by atoms with Crippen molar-refractivity contribution < 1.29 is 37.3 Å². The van der Waals surface area contributed by atoms with Crippen LogP contribution in [0.3, 0.4) is 0 Å². The van der Waals surface area contributed by atoms with Crippen LogP contribution in [0, 0.1) is 0 Å². The van der Waals surface area contributed by atoms with Crippen molar-refractivity contribution >= 4 is 30.4 Å². The lowest BCUT2D eigenvalue weighted by molar-refractivity contribution is -0.124. The fourth-order valence-electron chi connectivity index (χ4n) is 3.32. The number of carbonyl (C=O) groups is 1. The minimum absolute atomic E-state index is 0.104. The molecule has 38 heavy (non-hydrogen) atoms. The molecular formula is C25H57N2O8PSi2. The lowest BCUT2D eigenvalue weighted by Gasteiger charge is -2.41. The van der Waals surface area contributed by atoms with Crippen molar-refractivity contribution in [1.29, 1.82) is 0 Å². The molecule has 1 aliphatic rings. The van der Waals surface area contributed by atoms with Crippen LogP contribution in [-0.4, -0.2) is 88.0 Å². The molecule has 0 spiro atoms. The molecule has 0 aliphatic carbocycles. The van der Waals surface area contributed by atoms with E-state index in [2.05, 4.69) is 98.7 Å². The molecule has 10 nitrogen and oxygen atoms in total. The summed E-state index contributed by atoms with van der Waals surface area (Å²) in [4.78, 5) is 32.8. The van der Waals surface area contributed by atoms with Gasteiger partial charge in [-0.05, 0) is 55.9 Å². The molecule has 0 aromatic rings. The number of carbonyl (C=O) groups excluding carboxylic acids is 1. The molecule has 1 heterocycles. The van der Waals surface area contributed by atoms with E-state index in [9.17, 15) is 19.1 Å². The Morgan fingerprint density at radius 1 is 0.921 bits per heavy atom. The summed E-state index contributed by atoms with van der Waals surface area (Å²) in [6.45, 7) is 32.0. The summed E-state index contributed by atoms with van der Waals surface area (Å²) in [5, 5.41) is 2.67. The van der Waals surface area contributed by atoms with Gasteiger partial charge in [0.25, 0.3) is 0 Å². The monoisotopic (exact) mass is 600 g/mol. The van der Waals surface area contributed by atoms with Gasteiger partial charge in [-0.25, -0.2) is 4.57 Å². The second-order valence-electron chi connectivity index (χ2n) is 12.9. The first kappa shape index (κ1) is 37.9. The highest BCUT2D eigenvalue weighted by molar-refractivity contribution is 7.46. The number of rotatable bonds is 11. The zero-order valence-corrected chi connectivity index (χ0v) is 29.3. The van der Waals surface area contributed by atoms with E-state index in [0.29, 0.717) is 0 Å². The van der Waals surface area contributed by atoms with Crippen LogP contribution in [0.5, 0.6) is 0 Å². The Labute approximate surface area is 234 Å². The summed E-state index contributed by atoms with van der Waals surface area (Å²) in [6, 6.07) is -0.633. The Morgan fingerprint density at radius 3 is 1.66 bits per heavy atom. The van der Waals surface area contributed by atoms with Crippen LogP contribution < -0.4 is 5.32 Å². The van der Waals surface area contributed by atoms with Gasteiger partial charge in [-0.1, -0.05) is 62.3 Å². The fraction of sp³-hybridized carbons (Fsp3) is 0.960. The number of amides is 1. The van der Waals surface area contributed by atoms with E-state index >= 15 is 0 Å². The second kappa shape index (κ2) is 14.7. The van der Waals surface area contributed by atoms with Gasteiger partial charge >= 0.3 is 7.82 Å². The van der Waals surface area contributed by atoms with Gasteiger partial charge in [0, 0.05) is 6.92 Å². The van der Waals surface area contributed by atoms with Crippen LogP contribution in [-0.2, 0) is 27.5 Å². The molecule has 1 fully saturated rings. The van der Waals surface area contributed by atoms with E-state index in [-0.39, 0.29) is 22.6 Å². The molecule has 4 atom stereocenters. The normalized spacial score (nSPS) is 23.3. The predicted octanol–water partition coefficient (Wildman–Crippen LogP) is 5.09. The summed E-state index contributed by atoms with van der Waals surface area (Å²) in [5.41, 5.74) is 0. The van der Waals surface area contributed by atoms with Crippen molar-refractivity contribution in [2.75, 3.05) is 26.2 Å². The number of nitrogens with zero attached hydrogens (tertiary/aromatic N) is 1. The highest BCUT2D eigenvalue weighted by Gasteiger charge is 2.53. The van der Waals surface area contributed by atoms with Gasteiger partial charge in [-0.15, -0.1) is 0 Å². The first-order valence-electron chi connectivity index (χ1n) is 13.6. The van der Waals surface area contributed by atoms with Crippen LogP contribution in [0.15, 0.2) is 0 Å². The molecule has 13 heteroatoms. The van der Waals surface area contributed by atoms with E-state index in [4.69, 9.17) is 18.1 Å². The third-order valence-corrected chi connectivity index (χ3v) is 17.3. The minimum Gasteiger partial charge on any atom is -0.409 e. The van der Waals surface area contributed by atoms with Crippen molar-refractivity contribution in [3.63, 3.8) is 0 Å². The lowest BCUT2D eigenvalue weighted by atomic mass is 10.1. The molecule has 0 aromatic heterocycles. The summed E-state index contributed by atoms with van der Waals surface area (Å²) in [7, 11) is -9.33. The molecule has 1 saturated heterocycles. The molecule has 1 rings (SSSR count). The van der Waals surface area contributed by atoms with Crippen LogP contribution in [0.4, 0.5) is 0 Å². The third-order valence-electron chi connectivity index (χ3n) is 7.89. The molecule has 0 aromatic carbocycles. The first-order chi connectivity index (χ1) is 16.9. The number of ether oxygens (including phenoxy) is 1. The van der Waals surface area contributed by atoms with E-state index in [1.807, 2.05) is 0 Å². The Balaban J connectivity index is 0.00000171. The first-order valence-corrected chi connectivity index (χ1v) is 21.0. The molecule has 0 saturated carbocycles. The Morgan fingerprint density at radius 2 is 1.34 bits per heavy atom. The minimum atomic E-state index is -4.71. The Kier molecular flexibility index (Phi) is 14.6. The molecule has 228 valence electrons. The van der Waals surface area contributed by atoms with Crippen molar-refractivity contribution in [3.8, 4) is 0 Å². The van der Waals surface area contributed by atoms with Crippen LogP contribution in [0.2, 0.25) is 36.3 Å². The van der Waals surface area contributed by atoms with Crippen molar-refractivity contribution in [3.05, 3.63) is 0 Å². The molecule has 0 radical (unpaired) electrons. The van der Waals surface area contributed by atoms with Gasteiger partial charge in [-0.3, -0.25) is 9.32 Å². The quantitative estimate of drug-likeness (QED) is 0.220. The topological polar surface area (TPSA) is 127 Å². The Hall–Kier alpha value is -0.146. The zero-order chi connectivity index (χ0) is 30.3. The van der Waals surface area contributed by atoms with E-state index in [1.165, 1.54) is 26.6 Å². The smallest absolute Gasteiger partial charge is 0.409 e. The summed E-state index contributed by atoms with van der Waals surface area (Å²) >= 11 is 0. The van der Waals surface area contributed by atoms with E-state index in [0.717, 1.165) is 0 Å². The maximum absolute atomic E-state index is 12.0. The van der Waals surface area contributed by atoms with Crippen LogP contribution in [0.25, 0.3) is 0 Å². The Bertz CT molecular complexity index is 771. The van der Waals surface area contributed by atoms with Crippen molar-refractivity contribution in [2.45, 2.75) is 130 Å². The van der Waals surface area contributed by atoms with Crippen LogP contribution in [0.1, 0.15) is 69.2 Å². The van der Waals surface area contributed by atoms with E-state index < -0.39 is 49.0 Å². The highest BCUT2D eigenvalue weighted by atomic mass is 31.2. The standard InChI is InChI=1S/C19H42NO8PSi2.C6H15N/c1-13(21)20-15-16(27-30(8,9)18(2,3)4)14(12-25-29(22,23)24)26-17(15)28-31(10,11)19(5,6)7;1-4-7(5-2)6-3/h14-17H,12H2,1-11H3,(H,20,21)(H2,22,23,24);4-6H2,1-3H3/t14-,15-,16-,17-;/m1./s1. The molecule has 0 unspecified atom stereocenters. The number of hydrogen-bond acceptors (Lipinski definition) is 7. The van der Waals surface area contributed by atoms with Crippen molar-refractivity contribution in [2.24, 2.45) is 0 Å². The summed E-state index contributed by atoms with van der Waals surface area (Å²) < 4.78 is 35.2. The molecule has 1 aliphatic heterocycles. The maximum atomic E-state index is 12.0. The number of hydrogen-bond donors (Lipinski definition) is 3.